The number of anilines is 1. The van der Waals surface area contributed by atoms with Gasteiger partial charge in [0.25, 0.3) is 0 Å². The molecule has 0 saturated heterocycles. The van der Waals surface area contributed by atoms with E-state index < -0.39 is 0 Å². The minimum absolute atomic E-state index is 0.0341. The van der Waals surface area contributed by atoms with Crippen LogP contribution in [-0.4, -0.2) is 16.4 Å². The molecule has 2 heterocycles. The second kappa shape index (κ2) is 3.29. The SMILES string of the molecule is Nc1onc(-c2ccncc2)c1C=O. The van der Waals surface area contributed by atoms with E-state index in [0.29, 0.717) is 12.0 Å². The number of hydrogen-bond acceptors (Lipinski definition) is 5. The molecule has 0 fully saturated rings. The molecule has 2 aromatic heterocycles. The highest BCUT2D eigenvalue weighted by Gasteiger charge is 2.13. The number of nitrogens with two attached hydrogens (primary N) is 1. The third kappa shape index (κ3) is 1.24. The summed E-state index contributed by atoms with van der Waals surface area (Å²) in [6, 6.07) is 3.45. The predicted octanol–water partition coefficient (Wildman–Crippen LogP) is 1.13. The molecular formula is C9H7N3O2. The highest BCUT2D eigenvalue weighted by atomic mass is 16.5. The highest BCUT2D eigenvalue weighted by molar-refractivity contribution is 5.90. The van der Waals surface area contributed by atoms with Crippen LogP contribution in [0.3, 0.4) is 0 Å². The fourth-order valence-corrected chi connectivity index (χ4v) is 1.14. The monoisotopic (exact) mass is 189 g/mol. The quantitative estimate of drug-likeness (QED) is 0.716. The number of pyridine rings is 1. The maximum Gasteiger partial charge on any atom is 0.233 e. The van der Waals surface area contributed by atoms with E-state index in [9.17, 15) is 4.79 Å². The number of aromatic nitrogens is 2. The maximum atomic E-state index is 10.7. The Morgan fingerprint density at radius 3 is 2.71 bits per heavy atom. The lowest BCUT2D eigenvalue weighted by Crippen LogP contribution is -1.89. The number of hydrogen-bond donors (Lipinski definition) is 1. The van der Waals surface area contributed by atoms with Crippen LogP contribution in [0, 0.1) is 0 Å². The van der Waals surface area contributed by atoms with Gasteiger partial charge >= 0.3 is 0 Å². The first-order valence-corrected chi connectivity index (χ1v) is 3.93. The van der Waals surface area contributed by atoms with Crippen LogP contribution >= 0.6 is 0 Å². The zero-order chi connectivity index (χ0) is 9.97. The van der Waals surface area contributed by atoms with E-state index >= 15 is 0 Å². The third-order valence-electron chi connectivity index (χ3n) is 1.83. The lowest BCUT2D eigenvalue weighted by molar-refractivity contribution is 0.112. The molecule has 0 aliphatic heterocycles. The van der Waals surface area contributed by atoms with Crippen molar-refractivity contribution in [1.29, 1.82) is 0 Å². The first kappa shape index (κ1) is 8.43. The first-order valence-electron chi connectivity index (χ1n) is 3.93. The predicted molar refractivity (Wildman–Crippen MR) is 49.5 cm³/mol. The molecule has 2 N–H and O–H groups in total. The van der Waals surface area contributed by atoms with Crippen molar-refractivity contribution in [3.05, 3.63) is 30.1 Å². The van der Waals surface area contributed by atoms with Gasteiger partial charge in [0.15, 0.2) is 6.29 Å². The highest BCUT2D eigenvalue weighted by Crippen LogP contribution is 2.24. The van der Waals surface area contributed by atoms with Gasteiger partial charge < -0.3 is 10.3 Å². The largest absolute Gasteiger partial charge is 0.367 e. The van der Waals surface area contributed by atoms with Crippen LogP contribution in [0.15, 0.2) is 29.0 Å². The summed E-state index contributed by atoms with van der Waals surface area (Å²) in [4.78, 5) is 14.5. The molecule has 14 heavy (non-hydrogen) atoms. The summed E-state index contributed by atoms with van der Waals surface area (Å²) < 4.78 is 4.72. The normalized spacial score (nSPS) is 10.0. The minimum atomic E-state index is 0.0341. The maximum absolute atomic E-state index is 10.7. The fraction of sp³-hybridized carbons (Fsp3) is 0. The summed E-state index contributed by atoms with van der Waals surface area (Å²) >= 11 is 0. The first-order chi connectivity index (χ1) is 6.83. The van der Waals surface area contributed by atoms with E-state index in [1.165, 1.54) is 0 Å². The molecule has 0 aliphatic carbocycles. The molecule has 0 aliphatic rings. The van der Waals surface area contributed by atoms with Crippen LogP contribution in [0.25, 0.3) is 11.3 Å². The van der Waals surface area contributed by atoms with Crippen LogP contribution in [0.4, 0.5) is 5.88 Å². The molecule has 0 amide bonds. The average molecular weight is 189 g/mol. The molecule has 2 rings (SSSR count). The molecule has 0 atom stereocenters. The van der Waals surface area contributed by atoms with Crippen molar-refractivity contribution >= 4 is 12.2 Å². The van der Waals surface area contributed by atoms with Crippen molar-refractivity contribution < 1.29 is 9.32 Å². The second-order valence-corrected chi connectivity index (χ2v) is 2.66. The number of carbonyl (C=O) groups is 1. The lowest BCUT2D eigenvalue weighted by atomic mass is 10.1. The Bertz CT molecular complexity index is 450. The van der Waals surface area contributed by atoms with Gasteiger partial charge in [-0.3, -0.25) is 9.78 Å². The van der Waals surface area contributed by atoms with Gasteiger partial charge in [0, 0.05) is 18.0 Å². The van der Waals surface area contributed by atoms with Crippen molar-refractivity contribution in [2.45, 2.75) is 0 Å². The third-order valence-corrected chi connectivity index (χ3v) is 1.83. The van der Waals surface area contributed by atoms with E-state index in [-0.39, 0.29) is 11.4 Å². The summed E-state index contributed by atoms with van der Waals surface area (Å²) in [5.74, 6) is 0.0341. The Morgan fingerprint density at radius 2 is 2.07 bits per heavy atom. The number of carbonyl (C=O) groups excluding carboxylic acids is 1. The second-order valence-electron chi connectivity index (χ2n) is 2.66. The Balaban J connectivity index is 2.57. The number of nitrogens with zero attached hydrogens (tertiary/aromatic N) is 2. The topological polar surface area (TPSA) is 82.0 Å². The Hall–Kier alpha value is -2.17. The summed E-state index contributed by atoms with van der Waals surface area (Å²) in [5, 5.41) is 3.70. The van der Waals surface area contributed by atoms with Gasteiger partial charge in [0.1, 0.15) is 11.3 Å². The van der Waals surface area contributed by atoms with Crippen LogP contribution in [0.2, 0.25) is 0 Å². The zero-order valence-electron chi connectivity index (χ0n) is 7.18. The summed E-state index contributed by atoms with van der Waals surface area (Å²) in [7, 11) is 0. The molecule has 0 saturated carbocycles. The van der Waals surface area contributed by atoms with Gasteiger partial charge in [0.2, 0.25) is 5.88 Å². The molecule has 5 nitrogen and oxygen atoms in total. The van der Waals surface area contributed by atoms with E-state index in [2.05, 4.69) is 10.1 Å². The van der Waals surface area contributed by atoms with Gasteiger partial charge in [-0.05, 0) is 12.1 Å². The van der Waals surface area contributed by atoms with Crippen LogP contribution in [-0.2, 0) is 0 Å². The Kier molecular flexibility index (Phi) is 1.98. The molecule has 5 heteroatoms. The van der Waals surface area contributed by atoms with Gasteiger partial charge in [-0.2, -0.15) is 0 Å². The molecule has 70 valence electrons. The summed E-state index contributed by atoms with van der Waals surface area (Å²) in [6.45, 7) is 0. The van der Waals surface area contributed by atoms with Gasteiger partial charge in [-0.25, -0.2) is 0 Å². The number of nitrogen functional groups attached to an aromatic ring is 1. The van der Waals surface area contributed by atoms with Crippen LogP contribution in [0.5, 0.6) is 0 Å². The van der Waals surface area contributed by atoms with E-state index in [4.69, 9.17) is 10.3 Å². The molecule has 0 bridgehead atoms. The molecule has 0 unspecified atom stereocenters. The zero-order valence-corrected chi connectivity index (χ0v) is 7.18. The standard InChI is InChI=1S/C9H7N3O2/c10-9-7(5-13)8(12-14-9)6-1-3-11-4-2-6/h1-5H,10H2. The smallest absolute Gasteiger partial charge is 0.233 e. The van der Waals surface area contributed by atoms with Gasteiger partial charge in [0.05, 0.1) is 0 Å². The summed E-state index contributed by atoms with van der Waals surface area (Å²) in [5.41, 5.74) is 6.88. The van der Waals surface area contributed by atoms with Crippen molar-refractivity contribution in [3.8, 4) is 11.3 Å². The Morgan fingerprint density at radius 1 is 1.36 bits per heavy atom. The van der Waals surface area contributed by atoms with Crippen molar-refractivity contribution in [3.63, 3.8) is 0 Å². The molecule has 0 spiro atoms. The van der Waals surface area contributed by atoms with Gasteiger partial charge in [-0.15, -0.1) is 0 Å². The Labute approximate surface area is 79.5 Å². The molecule has 2 aromatic rings. The summed E-state index contributed by atoms with van der Waals surface area (Å²) in [6.07, 6.45) is 3.84. The van der Waals surface area contributed by atoms with Crippen molar-refractivity contribution in [2.75, 3.05) is 5.73 Å². The van der Waals surface area contributed by atoms with Crippen molar-refractivity contribution in [2.24, 2.45) is 0 Å². The molecule has 0 radical (unpaired) electrons. The van der Waals surface area contributed by atoms with E-state index in [0.717, 1.165) is 5.56 Å². The number of aldehydes is 1. The van der Waals surface area contributed by atoms with Crippen LogP contribution < -0.4 is 5.73 Å². The van der Waals surface area contributed by atoms with E-state index in [1.54, 1.807) is 24.5 Å². The molecular weight excluding hydrogens is 182 g/mol. The van der Waals surface area contributed by atoms with Gasteiger partial charge in [-0.1, -0.05) is 5.16 Å². The van der Waals surface area contributed by atoms with Crippen molar-refractivity contribution in [1.82, 2.24) is 10.1 Å². The lowest BCUT2D eigenvalue weighted by Gasteiger charge is -1.93. The van der Waals surface area contributed by atoms with E-state index in [1.807, 2.05) is 0 Å². The fourth-order valence-electron chi connectivity index (χ4n) is 1.14. The average Bonchev–Trinajstić information content (AvgIpc) is 2.61. The molecule has 0 aromatic carbocycles. The van der Waals surface area contributed by atoms with Crippen LogP contribution in [0.1, 0.15) is 10.4 Å². The number of rotatable bonds is 2. The minimum Gasteiger partial charge on any atom is -0.367 e.